The van der Waals surface area contributed by atoms with Gasteiger partial charge in [0.25, 0.3) is 0 Å². The zero-order chi connectivity index (χ0) is 5.70. The number of nitrogens with two attached hydrogens (primary N) is 2. The minimum atomic E-state index is 0.662. The highest BCUT2D eigenvalue weighted by molar-refractivity contribution is 4.98. The maximum atomic E-state index is 5.25. The van der Waals surface area contributed by atoms with Crippen molar-refractivity contribution in [2.24, 2.45) is 11.5 Å². The molecule has 0 spiro atoms. The zero-order valence-corrected chi connectivity index (χ0v) is 4.22. The number of allylic oxidation sites excluding steroid dienone is 1. The van der Waals surface area contributed by atoms with E-state index < -0.39 is 0 Å². The molecule has 2 heteroatoms. The molecule has 0 heterocycles. The van der Waals surface area contributed by atoms with E-state index in [9.17, 15) is 0 Å². The predicted octanol–water partition coefficient (Wildman–Crippen LogP) is 0.321. The lowest BCUT2D eigenvalue weighted by Gasteiger charge is -1.88. The van der Waals surface area contributed by atoms with Crippen LogP contribution in [-0.4, -0.2) is 0 Å². The molecule has 2 nitrogen and oxygen atoms in total. The van der Waals surface area contributed by atoms with Crippen LogP contribution in [0, 0.1) is 0 Å². The first-order chi connectivity index (χ1) is 3.31. The quantitative estimate of drug-likeness (QED) is 0.489. The van der Waals surface area contributed by atoms with Crippen LogP contribution in [0.4, 0.5) is 0 Å². The molecule has 0 aromatic heterocycles. The standard InChI is InChI=1S/C5H10N2/c1-2-3-5(7)4-6/h2,4H,1,3,6-7H2/b5-4-. The van der Waals surface area contributed by atoms with E-state index in [0.717, 1.165) is 0 Å². The van der Waals surface area contributed by atoms with Gasteiger partial charge in [-0.1, -0.05) is 6.08 Å². The Morgan fingerprint density at radius 1 is 1.71 bits per heavy atom. The van der Waals surface area contributed by atoms with Crippen LogP contribution in [0.15, 0.2) is 24.6 Å². The van der Waals surface area contributed by atoms with E-state index in [0.29, 0.717) is 12.1 Å². The molecule has 0 bridgehead atoms. The average Bonchev–Trinajstić information content (AvgIpc) is 1.68. The molecule has 0 radical (unpaired) electrons. The van der Waals surface area contributed by atoms with E-state index >= 15 is 0 Å². The van der Waals surface area contributed by atoms with Crippen molar-refractivity contribution in [3.05, 3.63) is 24.6 Å². The summed E-state index contributed by atoms with van der Waals surface area (Å²) in [4.78, 5) is 0. The Balaban J connectivity index is 3.36. The molecule has 0 aliphatic carbocycles. The van der Waals surface area contributed by atoms with Crippen LogP contribution in [0.1, 0.15) is 6.42 Å². The summed E-state index contributed by atoms with van der Waals surface area (Å²) in [5.41, 5.74) is 10.9. The maximum Gasteiger partial charge on any atom is 0.0276 e. The molecular weight excluding hydrogens is 88.1 g/mol. The molecule has 0 aliphatic rings. The first-order valence-electron chi connectivity index (χ1n) is 2.08. The third-order valence-electron chi connectivity index (χ3n) is 0.594. The first-order valence-corrected chi connectivity index (χ1v) is 2.08. The Labute approximate surface area is 43.5 Å². The Morgan fingerprint density at radius 3 is 2.43 bits per heavy atom. The van der Waals surface area contributed by atoms with E-state index in [2.05, 4.69) is 6.58 Å². The summed E-state index contributed by atoms with van der Waals surface area (Å²) in [7, 11) is 0. The molecule has 0 unspecified atom stereocenters. The summed E-state index contributed by atoms with van der Waals surface area (Å²) in [6.45, 7) is 3.47. The van der Waals surface area contributed by atoms with E-state index in [1.807, 2.05) is 0 Å². The molecule has 0 saturated heterocycles. The zero-order valence-electron chi connectivity index (χ0n) is 4.22. The number of rotatable bonds is 2. The van der Waals surface area contributed by atoms with Crippen molar-refractivity contribution < 1.29 is 0 Å². The van der Waals surface area contributed by atoms with Gasteiger partial charge in [0, 0.05) is 18.3 Å². The molecule has 0 rings (SSSR count). The van der Waals surface area contributed by atoms with Crippen molar-refractivity contribution in [2.75, 3.05) is 0 Å². The lowest BCUT2D eigenvalue weighted by atomic mass is 10.3. The topological polar surface area (TPSA) is 52.0 Å². The van der Waals surface area contributed by atoms with Gasteiger partial charge in [0.2, 0.25) is 0 Å². The fraction of sp³-hybridized carbons (Fsp3) is 0.200. The second kappa shape index (κ2) is 3.28. The van der Waals surface area contributed by atoms with Gasteiger partial charge in [0.15, 0.2) is 0 Å². The Kier molecular flexibility index (Phi) is 2.85. The highest BCUT2D eigenvalue weighted by Gasteiger charge is 1.77. The molecule has 0 aromatic carbocycles. The molecule has 0 atom stereocenters. The molecule has 0 aromatic rings. The Bertz CT molecular complexity index is 84.1. The maximum absolute atomic E-state index is 5.25. The molecule has 40 valence electrons. The van der Waals surface area contributed by atoms with Crippen molar-refractivity contribution in [3.8, 4) is 0 Å². The first kappa shape index (κ1) is 6.08. The van der Waals surface area contributed by atoms with E-state index in [-0.39, 0.29) is 0 Å². The summed E-state index contributed by atoms with van der Waals surface area (Å²) in [6.07, 6.45) is 3.76. The molecule has 4 N–H and O–H groups in total. The second-order valence-electron chi connectivity index (χ2n) is 1.23. The van der Waals surface area contributed by atoms with Crippen LogP contribution in [-0.2, 0) is 0 Å². The lowest BCUT2D eigenvalue weighted by molar-refractivity contribution is 1.15. The summed E-state index contributed by atoms with van der Waals surface area (Å²) >= 11 is 0. The molecule has 0 fully saturated rings. The molecular formula is C5H10N2. The number of hydrogen-bond donors (Lipinski definition) is 2. The molecule has 0 aliphatic heterocycles. The minimum absolute atomic E-state index is 0.662. The Morgan fingerprint density at radius 2 is 2.29 bits per heavy atom. The van der Waals surface area contributed by atoms with E-state index in [1.54, 1.807) is 6.08 Å². The largest absolute Gasteiger partial charge is 0.403 e. The number of hydrogen-bond acceptors (Lipinski definition) is 2. The molecule has 7 heavy (non-hydrogen) atoms. The van der Waals surface area contributed by atoms with Crippen molar-refractivity contribution in [1.82, 2.24) is 0 Å². The van der Waals surface area contributed by atoms with Crippen molar-refractivity contribution in [1.29, 1.82) is 0 Å². The highest BCUT2D eigenvalue weighted by Crippen LogP contribution is 1.86. The molecule has 0 amide bonds. The fourth-order valence-electron chi connectivity index (χ4n) is 0.235. The van der Waals surface area contributed by atoms with Gasteiger partial charge in [-0.3, -0.25) is 0 Å². The van der Waals surface area contributed by atoms with Crippen LogP contribution in [0.3, 0.4) is 0 Å². The van der Waals surface area contributed by atoms with Gasteiger partial charge < -0.3 is 11.5 Å². The highest BCUT2D eigenvalue weighted by atomic mass is 14.6. The lowest BCUT2D eigenvalue weighted by Crippen LogP contribution is -1.98. The van der Waals surface area contributed by atoms with Crippen LogP contribution in [0.5, 0.6) is 0 Å². The summed E-state index contributed by atoms with van der Waals surface area (Å²) < 4.78 is 0. The van der Waals surface area contributed by atoms with E-state index in [4.69, 9.17) is 11.5 Å². The van der Waals surface area contributed by atoms with E-state index in [1.165, 1.54) is 6.20 Å². The fourth-order valence-corrected chi connectivity index (χ4v) is 0.235. The van der Waals surface area contributed by atoms with Gasteiger partial charge in [-0.2, -0.15) is 0 Å². The van der Waals surface area contributed by atoms with Crippen LogP contribution in [0.2, 0.25) is 0 Å². The van der Waals surface area contributed by atoms with Crippen molar-refractivity contribution in [2.45, 2.75) is 6.42 Å². The van der Waals surface area contributed by atoms with Gasteiger partial charge in [0.05, 0.1) is 0 Å². The van der Waals surface area contributed by atoms with Crippen molar-refractivity contribution in [3.63, 3.8) is 0 Å². The molecule has 0 saturated carbocycles. The van der Waals surface area contributed by atoms with Gasteiger partial charge in [-0.15, -0.1) is 6.58 Å². The van der Waals surface area contributed by atoms with Gasteiger partial charge in [-0.25, -0.2) is 0 Å². The minimum Gasteiger partial charge on any atom is -0.403 e. The van der Waals surface area contributed by atoms with Crippen LogP contribution >= 0.6 is 0 Å². The summed E-state index contributed by atoms with van der Waals surface area (Å²) in [6, 6.07) is 0. The van der Waals surface area contributed by atoms with Gasteiger partial charge in [0.1, 0.15) is 0 Å². The van der Waals surface area contributed by atoms with Gasteiger partial charge >= 0.3 is 0 Å². The normalized spacial score (nSPS) is 11.1. The third-order valence-corrected chi connectivity index (χ3v) is 0.594. The monoisotopic (exact) mass is 98.1 g/mol. The second-order valence-corrected chi connectivity index (χ2v) is 1.23. The smallest absolute Gasteiger partial charge is 0.0276 e. The Hall–Kier alpha value is -0.920. The van der Waals surface area contributed by atoms with Crippen LogP contribution in [0.25, 0.3) is 0 Å². The van der Waals surface area contributed by atoms with Crippen LogP contribution < -0.4 is 11.5 Å². The predicted molar refractivity (Wildman–Crippen MR) is 31.3 cm³/mol. The van der Waals surface area contributed by atoms with Gasteiger partial charge in [-0.05, 0) is 0 Å². The third kappa shape index (κ3) is 2.89. The summed E-state index contributed by atoms with van der Waals surface area (Å²) in [5, 5.41) is 0. The summed E-state index contributed by atoms with van der Waals surface area (Å²) in [5.74, 6) is 0. The SMILES string of the molecule is C=CC/C(N)=C/N. The van der Waals surface area contributed by atoms with Crippen molar-refractivity contribution >= 4 is 0 Å². The average molecular weight is 98.1 g/mol.